The van der Waals surface area contributed by atoms with Gasteiger partial charge in [0.15, 0.2) is 0 Å². The number of primary amides is 1. The van der Waals surface area contributed by atoms with Crippen LogP contribution in [0, 0.1) is 5.92 Å². The Morgan fingerprint density at radius 1 is 0.694 bits per heavy atom. The topological polar surface area (TPSA) is 163 Å². The zero-order valence-corrected chi connectivity index (χ0v) is 36.1. The van der Waals surface area contributed by atoms with E-state index in [4.69, 9.17) is 29.4 Å². The maximum Gasteiger partial charge on any atom is 0.306 e. The first-order valence-electron chi connectivity index (χ1n) is 20.7. The van der Waals surface area contributed by atoms with Crippen molar-refractivity contribution in [3.63, 3.8) is 0 Å². The van der Waals surface area contributed by atoms with Crippen LogP contribution < -0.4 is 25.4 Å². The number of azo groups is 1. The molecule has 13 heteroatoms. The number of hydrogen-bond donors (Lipinski definition) is 2. The molecule has 13 nitrogen and oxygen atoms in total. The summed E-state index contributed by atoms with van der Waals surface area (Å²) in [4.78, 5) is 39.8. The van der Waals surface area contributed by atoms with Crippen LogP contribution in [-0.4, -0.2) is 78.6 Å². The molecule has 2 unspecified atom stereocenters. The monoisotopic (exact) mass is 843 g/mol. The minimum absolute atomic E-state index is 0.0115. The largest absolute Gasteiger partial charge is 0.497 e. The van der Waals surface area contributed by atoms with E-state index in [1.54, 1.807) is 38.5 Å². The van der Waals surface area contributed by atoms with Gasteiger partial charge in [0.1, 0.15) is 23.2 Å². The van der Waals surface area contributed by atoms with Gasteiger partial charge in [-0.2, -0.15) is 10.2 Å². The summed E-state index contributed by atoms with van der Waals surface area (Å²) in [6.45, 7) is 2.62. The van der Waals surface area contributed by atoms with Gasteiger partial charge in [0.05, 0.1) is 51.8 Å². The van der Waals surface area contributed by atoms with Crippen molar-refractivity contribution in [3.8, 4) is 11.5 Å². The summed E-state index contributed by atoms with van der Waals surface area (Å²) in [5.74, 6) is -0.124. The van der Waals surface area contributed by atoms with Crippen molar-refractivity contribution in [1.82, 2.24) is 5.32 Å². The quantitative estimate of drug-likeness (QED) is 0.0352. The molecule has 0 bridgehead atoms. The number of carbonyl (C=O) groups is 3. The molecule has 0 fully saturated rings. The standard InChI is InChI=1S/C49H57N5O8/c1-6-10-35(31-51-48(57)36-13-19-40(20-14-36)52-53-41-21-23-42(24-22-41)54(2)3)32-60-33-45(62-47(56)30-29-46(50)55)34-61-49(37-11-8-7-9-12-37,38-15-25-43(58-4)26-16-38)39-17-27-44(59-5)28-18-39/h7-9,11-28,35,45H,6,10,29-34H2,1-5H3,(H2,50,55)(H,51,57)/b53-52+. The summed E-state index contributed by atoms with van der Waals surface area (Å²) < 4.78 is 30.1. The van der Waals surface area contributed by atoms with Gasteiger partial charge in [0.2, 0.25) is 5.91 Å². The number of nitrogens with zero attached hydrogens (tertiary/aromatic N) is 3. The van der Waals surface area contributed by atoms with E-state index in [9.17, 15) is 14.4 Å². The fourth-order valence-electron chi connectivity index (χ4n) is 6.85. The Morgan fingerprint density at radius 2 is 1.24 bits per heavy atom. The molecule has 0 spiro atoms. The van der Waals surface area contributed by atoms with Crippen molar-refractivity contribution in [1.29, 1.82) is 0 Å². The van der Waals surface area contributed by atoms with Crippen LogP contribution in [0.15, 0.2) is 138 Å². The van der Waals surface area contributed by atoms with Crippen LogP contribution in [0.3, 0.4) is 0 Å². The second-order valence-corrected chi connectivity index (χ2v) is 15.0. The molecule has 0 saturated heterocycles. The molecule has 0 aliphatic carbocycles. The SMILES string of the molecule is CCCC(CNC(=O)c1ccc(/N=N/c2ccc(N(C)C)cc2)cc1)COCC(COC(c1ccccc1)(c1ccc(OC)cc1)c1ccc(OC)cc1)OC(=O)CCC(N)=O. The molecule has 0 aliphatic heterocycles. The molecule has 5 rings (SSSR count). The summed E-state index contributed by atoms with van der Waals surface area (Å²) in [7, 11) is 7.17. The highest BCUT2D eigenvalue weighted by molar-refractivity contribution is 5.94. The summed E-state index contributed by atoms with van der Waals surface area (Å²) in [6, 6.07) is 39.7. The van der Waals surface area contributed by atoms with Gasteiger partial charge >= 0.3 is 5.97 Å². The van der Waals surface area contributed by atoms with Gasteiger partial charge in [-0.1, -0.05) is 67.9 Å². The predicted octanol–water partition coefficient (Wildman–Crippen LogP) is 8.53. The molecule has 0 aliphatic rings. The van der Waals surface area contributed by atoms with Gasteiger partial charge in [-0.15, -0.1) is 0 Å². The van der Waals surface area contributed by atoms with E-state index in [-0.39, 0.29) is 44.5 Å². The van der Waals surface area contributed by atoms with Crippen molar-refractivity contribution < 1.29 is 38.1 Å². The minimum Gasteiger partial charge on any atom is -0.497 e. The van der Waals surface area contributed by atoms with Crippen molar-refractivity contribution in [2.75, 3.05) is 59.6 Å². The number of esters is 1. The summed E-state index contributed by atoms with van der Waals surface area (Å²) in [5, 5.41) is 11.7. The molecule has 5 aromatic rings. The maximum absolute atomic E-state index is 13.2. The van der Waals surface area contributed by atoms with Crippen LogP contribution in [0.2, 0.25) is 0 Å². The van der Waals surface area contributed by atoms with Gasteiger partial charge < -0.3 is 39.6 Å². The number of amides is 2. The van der Waals surface area contributed by atoms with Crippen molar-refractivity contribution in [3.05, 3.63) is 150 Å². The molecule has 5 aromatic carbocycles. The Morgan fingerprint density at radius 3 is 1.76 bits per heavy atom. The van der Waals surface area contributed by atoms with Gasteiger partial charge in [-0.3, -0.25) is 14.4 Å². The van der Waals surface area contributed by atoms with Crippen molar-refractivity contribution in [2.24, 2.45) is 21.9 Å². The lowest BCUT2D eigenvalue weighted by atomic mass is 9.80. The van der Waals surface area contributed by atoms with Crippen molar-refractivity contribution >= 4 is 34.8 Å². The first-order valence-corrected chi connectivity index (χ1v) is 20.7. The summed E-state index contributed by atoms with van der Waals surface area (Å²) in [5.41, 5.74) is 9.52. The first kappa shape index (κ1) is 46.5. The number of rotatable bonds is 24. The Balaban J connectivity index is 1.29. The highest BCUT2D eigenvalue weighted by Gasteiger charge is 2.39. The third-order valence-corrected chi connectivity index (χ3v) is 10.2. The Hall–Kier alpha value is -6.57. The number of hydrogen-bond acceptors (Lipinski definition) is 11. The molecule has 326 valence electrons. The van der Waals surface area contributed by atoms with E-state index in [0.29, 0.717) is 29.3 Å². The van der Waals surface area contributed by atoms with Crippen LogP contribution in [0.25, 0.3) is 0 Å². The maximum atomic E-state index is 13.2. The predicted molar refractivity (Wildman–Crippen MR) is 240 cm³/mol. The van der Waals surface area contributed by atoms with E-state index in [1.165, 1.54) is 0 Å². The number of anilines is 1. The summed E-state index contributed by atoms with van der Waals surface area (Å²) >= 11 is 0. The zero-order chi connectivity index (χ0) is 44.3. The smallest absolute Gasteiger partial charge is 0.306 e. The third-order valence-electron chi connectivity index (χ3n) is 10.2. The van der Waals surface area contributed by atoms with E-state index in [2.05, 4.69) is 22.5 Å². The Bertz CT molecular complexity index is 2130. The van der Waals surface area contributed by atoms with E-state index in [0.717, 1.165) is 40.9 Å². The average molecular weight is 844 g/mol. The molecule has 2 amide bonds. The van der Waals surface area contributed by atoms with Gasteiger partial charge in [-0.25, -0.2) is 0 Å². The van der Waals surface area contributed by atoms with Crippen LogP contribution >= 0.6 is 0 Å². The van der Waals surface area contributed by atoms with Crippen LogP contribution in [0.1, 0.15) is 59.7 Å². The Kier molecular flexibility index (Phi) is 17.6. The molecule has 0 aromatic heterocycles. The molecule has 0 radical (unpaired) electrons. The number of benzene rings is 5. The number of ether oxygens (including phenoxy) is 5. The van der Waals surface area contributed by atoms with Gasteiger partial charge in [-0.05, 0) is 102 Å². The van der Waals surface area contributed by atoms with Crippen LogP contribution in [0.4, 0.5) is 17.1 Å². The molecular weight excluding hydrogens is 787 g/mol. The number of methoxy groups -OCH3 is 2. The fourth-order valence-corrected chi connectivity index (χ4v) is 6.85. The fraction of sp³-hybridized carbons (Fsp3) is 0.327. The molecule has 62 heavy (non-hydrogen) atoms. The molecule has 0 heterocycles. The minimum atomic E-state index is -1.17. The van der Waals surface area contributed by atoms with E-state index < -0.39 is 23.6 Å². The molecule has 0 saturated carbocycles. The van der Waals surface area contributed by atoms with E-state index in [1.807, 2.05) is 122 Å². The normalized spacial score (nSPS) is 12.3. The number of nitrogens with two attached hydrogens (primary N) is 1. The highest BCUT2D eigenvalue weighted by Crippen LogP contribution is 2.42. The second-order valence-electron chi connectivity index (χ2n) is 15.0. The molecular formula is C49H57N5O8. The van der Waals surface area contributed by atoms with Gasteiger partial charge in [0, 0.05) is 38.3 Å². The Labute approximate surface area is 364 Å². The van der Waals surface area contributed by atoms with Crippen molar-refractivity contribution in [2.45, 2.75) is 44.3 Å². The molecule has 2 atom stereocenters. The van der Waals surface area contributed by atoms with Gasteiger partial charge in [0.25, 0.3) is 5.91 Å². The number of carbonyl (C=O) groups excluding carboxylic acids is 3. The highest BCUT2D eigenvalue weighted by atomic mass is 16.6. The second kappa shape index (κ2) is 23.4. The zero-order valence-electron chi connectivity index (χ0n) is 36.1. The first-order chi connectivity index (χ1) is 30.0. The van der Waals surface area contributed by atoms with Crippen LogP contribution in [-0.2, 0) is 29.4 Å². The van der Waals surface area contributed by atoms with Crippen LogP contribution in [0.5, 0.6) is 11.5 Å². The lowest BCUT2D eigenvalue weighted by molar-refractivity contribution is -0.160. The third kappa shape index (κ3) is 13.2. The summed E-state index contributed by atoms with van der Waals surface area (Å²) in [6.07, 6.45) is 0.418. The number of nitrogens with one attached hydrogen (secondary N) is 1. The molecule has 3 N–H and O–H groups in total. The van der Waals surface area contributed by atoms with E-state index >= 15 is 0 Å². The average Bonchev–Trinajstić information content (AvgIpc) is 3.30. The lowest BCUT2D eigenvalue weighted by Crippen LogP contribution is -2.39. The lowest BCUT2D eigenvalue weighted by Gasteiger charge is -2.37.